The molecule has 1 aliphatic heterocycles. The molecule has 0 spiro atoms. The Morgan fingerprint density at radius 1 is 1.04 bits per heavy atom. The van der Waals surface area contributed by atoms with Crippen LogP contribution in [0.3, 0.4) is 0 Å². The van der Waals surface area contributed by atoms with Crippen molar-refractivity contribution < 1.29 is 9.84 Å². The van der Waals surface area contributed by atoms with Crippen molar-refractivity contribution >= 4 is 15.9 Å². The van der Waals surface area contributed by atoms with Gasteiger partial charge in [-0.1, -0.05) is 42.5 Å². The first-order chi connectivity index (χ1) is 12.2. The topological polar surface area (TPSA) is 32.7 Å². The fourth-order valence-corrected chi connectivity index (χ4v) is 3.82. The minimum Gasteiger partial charge on any atom is -0.490 e. The van der Waals surface area contributed by atoms with Gasteiger partial charge in [-0.15, -0.1) is 0 Å². The van der Waals surface area contributed by atoms with Crippen LogP contribution in [0.2, 0.25) is 0 Å². The molecule has 2 aromatic carbocycles. The first-order valence-electron chi connectivity index (χ1n) is 9.02. The zero-order chi connectivity index (χ0) is 17.5. The summed E-state index contributed by atoms with van der Waals surface area (Å²) in [6, 6.07) is 18.5. The van der Waals surface area contributed by atoms with E-state index in [1.54, 1.807) is 0 Å². The fraction of sp³-hybridized carbons (Fsp3) is 0.429. The Bertz CT molecular complexity index is 641. The summed E-state index contributed by atoms with van der Waals surface area (Å²) in [5, 5.41) is 10.3. The summed E-state index contributed by atoms with van der Waals surface area (Å²) in [7, 11) is 0. The maximum atomic E-state index is 10.3. The minimum absolute atomic E-state index is 0.326. The van der Waals surface area contributed by atoms with Crippen molar-refractivity contribution in [1.82, 2.24) is 4.90 Å². The Morgan fingerprint density at radius 3 is 2.44 bits per heavy atom. The second kappa shape index (κ2) is 9.37. The van der Waals surface area contributed by atoms with Gasteiger partial charge in [0.15, 0.2) is 0 Å². The monoisotopic (exact) mass is 403 g/mol. The first-order valence-corrected chi connectivity index (χ1v) is 9.81. The summed E-state index contributed by atoms with van der Waals surface area (Å²) in [6.07, 6.45) is 3.11. The molecule has 0 aliphatic carbocycles. The zero-order valence-electron chi connectivity index (χ0n) is 14.5. The van der Waals surface area contributed by atoms with Crippen LogP contribution < -0.4 is 4.74 Å². The quantitative estimate of drug-likeness (QED) is 0.753. The molecule has 0 saturated carbocycles. The van der Waals surface area contributed by atoms with E-state index in [1.807, 2.05) is 24.3 Å². The Labute approximate surface area is 158 Å². The number of β-amino-alcohol motifs (C(OH)–C–C–N with tert-alkyl or cyclic N) is 1. The number of hydrogen-bond donors (Lipinski definition) is 1. The zero-order valence-corrected chi connectivity index (χ0v) is 16.1. The van der Waals surface area contributed by atoms with E-state index in [4.69, 9.17) is 4.74 Å². The molecule has 134 valence electrons. The molecule has 0 bridgehead atoms. The van der Waals surface area contributed by atoms with Gasteiger partial charge in [0.1, 0.15) is 18.5 Å². The summed E-state index contributed by atoms with van der Waals surface area (Å²) in [5.74, 6) is 1.54. The van der Waals surface area contributed by atoms with Gasteiger partial charge in [0.05, 0.1) is 4.47 Å². The van der Waals surface area contributed by atoms with Crippen molar-refractivity contribution in [2.24, 2.45) is 5.92 Å². The number of aliphatic hydroxyl groups excluding tert-OH is 1. The molecule has 0 radical (unpaired) electrons. The maximum Gasteiger partial charge on any atom is 0.133 e. The number of hydrogen-bond acceptors (Lipinski definition) is 3. The van der Waals surface area contributed by atoms with Gasteiger partial charge in [-0.3, -0.25) is 0 Å². The number of nitrogens with zero attached hydrogens (tertiary/aromatic N) is 1. The number of halogens is 1. The fourth-order valence-electron chi connectivity index (χ4n) is 3.42. The van der Waals surface area contributed by atoms with Crippen LogP contribution in [0.15, 0.2) is 59.1 Å². The molecule has 0 unspecified atom stereocenters. The third-order valence-electron chi connectivity index (χ3n) is 4.81. The van der Waals surface area contributed by atoms with Gasteiger partial charge in [0.2, 0.25) is 0 Å². The van der Waals surface area contributed by atoms with Crippen LogP contribution in [0.1, 0.15) is 18.4 Å². The molecule has 0 amide bonds. The summed E-state index contributed by atoms with van der Waals surface area (Å²) < 4.78 is 6.64. The number of ether oxygens (including phenoxy) is 1. The van der Waals surface area contributed by atoms with E-state index in [9.17, 15) is 5.11 Å². The van der Waals surface area contributed by atoms with Gasteiger partial charge in [0, 0.05) is 6.54 Å². The minimum atomic E-state index is -0.460. The van der Waals surface area contributed by atoms with E-state index >= 15 is 0 Å². The van der Waals surface area contributed by atoms with Crippen LogP contribution >= 0.6 is 15.9 Å². The molecule has 1 N–H and O–H groups in total. The number of rotatable bonds is 7. The van der Waals surface area contributed by atoms with Gasteiger partial charge in [-0.05, 0) is 71.9 Å². The second-order valence-electron chi connectivity index (χ2n) is 6.83. The molecule has 1 saturated heterocycles. The van der Waals surface area contributed by atoms with Crippen LogP contribution in [0.25, 0.3) is 0 Å². The summed E-state index contributed by atoms with van der Waals surface area (Å²) in [5.41, 5.74) is 1.43. The largest absolute Gasteiger partial charge is 0.490 e. The van der Waals surface area contributed by atoms with Crippen molar-refractivity contribution in [2.45, 2.75) is 25.4 Å². The average Bonchev–Trinajstić information content (AvgIpc) is 2.64. The molecule has 3 rings (SSSR count). The van der Waals surface area contributed by atoms with Crippen LogP contribution in [0.5, 0.6) is 5.75 Å². The molecule has 4 heteroatoms. The van der Waals surface area contributed by atoms with E-state index < -0.39 is 6.10 Å². The molecule has 1 aliphatic rings. The van der Waals surface area contributed by atoms with Crippen LogP contribution in [-0.2, 0) is 6.42 Å². The Hall–Kier alpha value is -1.36. The number of likely N-dealkylation sites (tertiary alicyclic amines) is 1. The highest BCUT2D eigenvalue weighted by molar-refractivity contribution is 9.10. The molecule has 1 atom stereocenters. The van der Waals surface area contributed by atoms with E-state index in [1.165, 1.54) is 24.8 Å². The molecule has 1 fully saturated rings. The van der Waals surface area contributed by atoms with Gasteiger partial charge in [-0.2, -0.15) is 0 Å². The van der Waals surface area contributed by atoms with Crippen molar-refractivity contribution in [3.8, 4) is 5.75 Å². The smallest absolute Gasteiger partial charge is 0.133 e. The summed E-state index contributed by atoms with van der Waals surface area (Å²) >= 11 is 3.46. The third-order valence-corrected chi connectivity index (χ3v) is 5.47. The van der Waals surface area contributed by atoms with Crippen molar-refractivity contribution in [2.75, 3.05) is 26.2 Å². The van der Waals surface area contributed by atoms with E-state index in [2.05, 4.69) is 51.2 Å². The normalized spacial score (nSPS) is 17.4. The molecule has 25 heavy (non-hydrogen) atoms. The number of piperidine rings is 1. The highest BCUT2D eigenvalue weighted by Gasteiger charge is 2.21. The number of para-hydroxylation sites is 1. The summed E-state index contributed by atoms with van der Waals surface area (Å²) in [6.45, 7) is 3.13. The number of benzene rings is 2. The highest BCUT2D eigenvalue weighted by Crippen LogP contribution is 2.24. The average molecular weight is 404 g/mol. The lowest BCUT2D eigenvalue weighted by atomic mass is 9.90. The maximum absolute atomic E-state index is 10.3. The van der Waals surface area contributed by atoms with Gasteiger partial charge < -0.3 is 14.7 Å². The van der Waals surface area contributed by atoms with Crippen LogP contribution in [0.4, 0.5) is 0 Å². The Morgan fingerprint density at radius 2 is 1.72 bits per heavy atom. The van der Waals surface area contributed by atoms with E-state index in [0.717, 1.165) is 29.2 Å². The molecular weight excluding hydrogens is 378 g/mol. The van der Waals surface area contributed by atoms with Crippen molar-refractivity contribution in [3.63, 3.8) is 0 Å². The van der Waals surface area contributed by atoms with Gasteiger partial charge >= 0.3 is 0 Å². The van der Waals surface area contributed by atoms with E-state index in [-0.39, 0.29) is 0 Å². The lowest BCUT2D eigenvalue weighted by Crippen LogP contribution is -2.41. The third kappa shape index (κ3) is 5.84. The molecule has 1 heterocycles. The van der Waals surface area contributed by atoms with Gasteiger partial charge in [0.25, 0.3) is 0 Å². The lowest BCUT2D eigenvalue weighted by Gasteiger charge is -2.33. The first kappa shape index (κ1) is 18.4. The predicted molar refractivity (Wildman–Crippen MR) is 105 cm³/mol. The highest BCUT2D eigenvalue weighted by atomic mass is 79.9. The van der Waals surface area contributed by atoms with Crippen molar-refractivity contribution in [3.05, 3.63) is 64.6 Å². The lowest BCUT2D eigenvalue weighted by molar-refractivity contribution is 0.0548. The van der Waals surface area contributed by atoms with E-state index in [0.29, 0.717) is 13.2 Å². The van der Waals surface area contributed by atoms with Crippen LogP contribution in [-0.4, -0.2) is 42.4 Å². The second-order valence-corrected chi connectivity index (χ2v) is 7.68. The van der Waals surface area contributed by atoms with Gasteiger partial charge in [-0.25, -0.2) is 0 Å². The Balaban J connectivity index is 1.37. The molecular formula is C21H26BrNO2. The van der Waals surface area contributed by atoms with Crippen molar-refractivity contribution in [1.29, 1.82) is 0 Å². The standard InChI is InChI=1S/C21H26BrNO2/c22-20-8-4-5-9-21(20)25-16-19(24)15-23-12-10-18(11-13-23)14-17-6-2-1-3-7-17/h1-9,18-19,24H,10-16H2/t19-/m0/s1. The SMILES string of the molecule is O[C@H](COc1ccccc1Br)CN1CCC(Cc2ccccc2)CC1. The van der Waals surface area contributed by atoms with Crippen LogP contribution in [0, 0.1) is 5.92 Å². The Kier molecular flexibility index (Phi) is 6.91. The predicted octanol–water partition coefficient (Wildman–Crippen LogP) is 4.14. The molecule has 3 nitrogen and oxygen atoms in total. The molecule has 0 aromatic heterocycles. The molecule has 2 aromatic rings. The summed E-state index contributed by atoms with van der Waals surface area (Å²) in [4.78, 5) is 2.36. The number of aliphatic hydroxyl groups is 1.